The van der Waals surface area contributed by atoms with E-state index < -0.39 is 0 Å². The van der Waals surface area contributed by atoms with Crippen LogP contribution in [0, 0.1) is 6.92 Å². The number of rotatable bonds is 10. The number of nitrogens with one attached hydrogen (secondary N) is 2. The van der Waals surface area contributed by atoms with Crippen molar-refractivity contribution in [3.8, 4) is 0 Å². The van der Waals surface area contributed by atoms with Gasteiger partial charge >= 0.3 is 15.0 Å². The van der Waals surface area contributed by atoms with Crippen LogP contribution < -0.4 is 21.6 Å². The molecule has 3 rings (SSSR count). The number of hydrogen-bond donors (Lipinski definition) is 2. The van der Waals surface area contributed by atoms with Gasteiger partial charge in [-0.25, -0.2) is 0 Å². The molecule has 0 bridgehead atoms. The fourth-order valence-corrected chi connectivity index (χ4v) is 3.18. The van der Waals surface area contributed by atoms with Crippen molar-refractivity contribution in [1.82, 2.24) is 0 Å². The predicted octanol–water partition coefficient (Wildman–Crippen LogP) is 2.90. The van der Waals surface area contributed by atoms with E-state index in [2.05, 4.69) is 35.8 Å². The lowest BCUT2D eigenvalue weighted by atomic mass is 9.78. The van der Waals surface area contributed by atoms with E-state index in [0.717, 1.165) is 22.3 Å². The first-order chi connectivity index (χ1) is 14.1. The Morgan fingerprint density at radius 1 is 0.655 bits per heavy atom. The lowest BCUT2D eigenvalue weighted by molar-refractivity contribution is 0.269. The Kier molecular flexibility index (Phi) is 7.79. The molecule has 6 heteroatoms. The smallest absolute Gasteiger partial charge is 0.311 e. The van der Waals surface area contributed by atoms with Crippen molar-refractivity contribution in [3.63, 3.8) is 0 Å². The third-order valence-electron chi connectivity index (χ3n) is 4.48. The Morgan fingerprint density at radius 3 is 1.48 bits per heavy atom. The molecule has 0 fully saturated rings. The van der Waals surface area contributed by atoms with Crippen LogP contribution in [0.15, 0.2) is 78.9 Å². The van der Waals surface area contributed by atoms with Crippen molar-refractivity contribution < 1.29 is 9.31 Å². The third-order valence-corrected chi connectivity index (χ3v) is 4.48. The van der Waals surface area contributed by atoms with Gasteiger partial charge in [0.15, 0.2) is 0 Å². The van der Waals surface area contributed by atoms with Crippen LogP contribution in [-0.2, 0) is 9.31 Å². The SMILES string of the molecule is Cc1cc(BOC(C)Nc2ccccc2)cc(BOC(C)Nc2ccccc2)c1. The number of anilines is 2. The monoisotopic (exact) mass is 386 g/mol. The molecule has 0 aromatic heterocycles. The molecule has 0 amide bonds. The molecule has 0 aliphatic rings. The van der Waals surface area contributed by atoms with Crippen molar-refractivity contribution >= 4 is 37.3 Å². The van der Waals surface area contributed by atoms with E-state index in [0.29, 0.717) is 15.0 Å². The van der Waals surface area contributed by atoms with Gasteiger partial charge in [-0.2, -0.15) is 0 Å². The normalized spacial score (nSPS) is 12.7. The van der Waals surface area contributed by atoms with E-state index >= 15 is 0 Å². The van der Waals surface area contributed by atoms with Crippen molar-refractivity contribution in [2.24, 2.45) is 0 Å². The zero-order valence-corrected chi connectivity index (χ0v) is 17.4. The molecule has 3 aromatic rings. The second-order valence-electron chi connectivity index (χ2n) is 7.25. The van der Waals surface area contributed by atoms with Gasteiger partial charge in [0.05, 0.1) is 0 Å². The summed E-state index contributed by atoms with van der Waals surface area (Å²) in [7, 11) is 1.10. The molecule has 0 radical (unpaired) electrons. The molecule has 29 heavy (non-hydrogen) atoms. The van der Waals surface area contributed by atoms with Gasteiger partial charge in [0.1, 0.15) is 12.5 Å². The molecule has 0 aliphatic heterocycles. The molecular formula is C23H28B2N2O2. The van der Waals surface area contributed by atoms with E-state index in [1.165, 1.54) is 5.56 Å². The van der Waals surface area contributed by atoms with E-state index in [1.54, 1.807) is 0 Å². The zero-order valence-electron chi connectivity index (χ0n) is 17.4. The highest BCUT2D eigenvalue weighted by molar-refractivity contribution is 6.51. The molecular weight excluding hydrogens is 358 g/mol. The van der Waals surface area contributed by atoms with Crippen LogP contribution >= 0.6 is 0 Å². The summed E-state index contributed by atoms with van der Waals surface area (Å²) < 4.78 is 12.0. The summed E-state index contributed by atoms with van der Waals surface area (Å²) in [5.41, 5.74) is 5.61. The lowest BCUT2D eigenvalue weighted by Gasteiger charge is -2.18. The lowest BCUT2D eigenvalue weighted by Crippen LogP contribution is -2.33. The zero-order chi connectivity index (χ0) is 20.5. The highest BCUT2D eigenvalue weighted by Crippen LogP contribution is 2.08. The Labute approximate surface area is 175 Å². The van der Waals surface area contributed by atoms with Gasteiger partial charge < -0.3 is 19.9 Å². The highest BCUT2D eigenvalue weighted by Gasteiger charge is 2.09. The standard InChI is InChI=1S/C23H28B2N2O2/c1-17-14-20(24-28-18(2)26-22-10-6-4-7-11-22)16-21(15-17)25-29-19(3)27-23-12-8-5-9-13-23/h4-16,18-19,24-27H,1-3H3. The molecule has 0 spiro atoms. The Balaban J connectivity index is 1.49. The first kappa shape index (κ1) is 21.0. The number of benzene rings is 3. The first-order valence-corrected chi connectivity index (χ1v) is 10.0. The van der Waals surface area contributed by atoms with Crippen LogP contribution in [0.5, 0.6) is 0 Å². The maximum Gasteiger partial charge on any atom is 0.311 e. The van der Waals surface area contributed by atoms with Gasteiger partial charge in [-0.3, -0.25) is 0 Å². The van der Waals surface area contributed by atoms with Crippen LogP contribution in [0.1, 0.15) is 19.4 Å². The Hall–Kier alpha value is -2.69. The molecule has 0 saturated heterocycles. The topological polar surface area (TPSA) is 42.5 Å². The molecule has 0 saturated carbocycles. The number of para-hydroxylation sites is 2. The average molecular weight is 386 g/mol. The maximum atomic E-state index is 5.98. The van der Waals surface area contributed by atoms with E-state index in [9.17, 15) is 0 Å². The maximum absolute atomic E-state index is 5.98. The summed E-state index contributed by atoms with van der Waals surface area (Å²) in [5.74, 6) is 0. The average Bonchev–Trinajstić information content (AvgIpc) is 2.72. The van der Waals surface area contributed by atoms with Crippen molar-refractivity contribution in [3.05, 3.63) is 84.4 Å². The number of aryl methyl sites for hydroxylation is 1. The Bertz CT molecular complexity index is 809. The van der Waals surface area contributed by atoms with E-state index in [1.807, 2.05) is 74.5 Å². The summed E-state index contributed by atoms with van der Waals surface area (Å²) >= 11 is 0. The van der Waals surface area contributed by atoms with Gasteiger partial charge in [-0.05, 0) is 45.0 Å². The minimum atomic E-state index is -0.0762. The minimum absolute atomic E-state index is 0.0762. The fourth-order valence-electron chi connectivity index (χ4n) is 3.18. The fraction of sp³-hybridized carbons (Fsp3) is 0.217. The number of hydrogen-bond acceptors (Lipinski definition) is 4. The van der Waals surface area contributed by atoms with Gasteiger partial charge in [-0.1, -0.05) is 71.1 Å². The predicted molar refractivity (Wildman–Crippen MR) is 126 cm³/mol. The van der Waals surface area contributed by atoms with Crippen LogP contribution in [0.3, 0.4) is 0 Å². The largest absolute Gasteiger partial charge is 0.416 e. The Morgan fingerprint density at radius 2 is 1.07 bits per heavy atom. The molecule has 3 aromatic carbocycles. The van der Waals surface area contributed by atoms with Gasteiger partial charge in [-0.15, -0.1) is 0 Å². The van der Waals surface area contributed by atoms with E-state index in [-0.39, 0.29) is 12.5 Å². The molecule has 0 heterocycles. The molecule has 2 unspecified atom stereocenters. The molecule has 0 aliphatic carbocycles. The van der Waals surface area contributed by atoms with Crippen molar-refractivity contribution in [2.75, 3.05) is 10.6 Å². The quantitative estimate of drug-likeness (QED) is 0.416. The summed E-state index contributed by atoms with van der Waals surface area (Å²) in [4.78, 5) is 0. The third kappa shape index (κ3) is 7.33. The van der Waals surface area contributed by atoms with Gasteiger partial charge in [0.2, 0.25) is 0 Å². The first-order valence-electron chi connectivity index (χ1n) is 10.0. The highest BCUT2D eigenvalue weighted by atomic mass is 16.5. The minimum Gasteiger partial charge on any atom is -0.416 e. The summed E-state index contributed by atoms with van der Waals surface area (Å²) in [6, 6.07) is 26.6. The second-order valence-corrected chi connectivity index (χ2v) is 7.25. The molecule has 4 nitrogen and oxygen atoms in total. The van der Waals surface area contributed by atoms with Gasteiger partial charge in [0, 0.05) is 11.4 Å². The van der Waals surface area contributed by atoms with Crippen LogP contribution in [0.25, 0.3) is 0 Å². The summed E-state index contributed by atoms with van der Waals surface area (Å²) in [6.07, 6.45) is -0.152. The molecule has 2 atom stereocenters. The van der Waals surface area contributed by atoms with Crippen molar-refractivity contribution in [2.45, 2.75) is 33.2 Å². The second kappa shape index (κ2) is 10.7. The van der Waals surface area contributed by atoms with Crippen LogP contribution in [-0.4, -0.2) is 27.4 Å². The summed E-state index contributed by atoms with van der Waals surface area (Å²) in [5, 5.41) is 6.70. The summed E-state index contributed by atoms with van der Waals surface area (Å²) in [6.45, 7) is 6.14. The van der Waals surface area contributed by atoms with Crippen LogP contribution in [0.4, 0.5) is 11.4 Å². The van der Waals surface area contributed by atoms with Crippen molar-refractivity contribution in [1.29, 1.82) is 0 Å². The van der Waals surface area contributed by atoms with Crippen LogP contribution in [0.2, 0.25) is 0 Å². The van der Waals surface area contributed by atoms with Gasteiger partial charge in [0.25, 0.3) is 0 Å². The van der Waals surface area contributed by atoms with E-state index in [4.69, 9.17) is 9.31 Å². The molecule has 2 N–H and O–H groups in total. The molecule has 148 valence electrons.